The molecule has 3 N–H and O–H groups in total. The monoisotopic (exact) mass is 580 g/mol. The molecule has 2 unspecified atom stereocenters. The number of allylic oxidation sites excluding steroid dienone is 2. The molecular formula is C28H33BrN6O3. The lowest BCUT2D eigenvalue weighted by atomic mass is 9.92. The maximum absolute atomic E-state index is 10.6. The average Bonchev–Trinajstić information content (AvgIpc) is 3.51. The minimum Gasteiger partial charge on any atom is -0.493 e. The highest BCUT2D eigenvalue weighted by Gasteiger charge is 2.43. The quantitative estimate of drug-likeness (QED) is 0.244. The normalized spacial score (nSPS) is 20.9. The van der Waals surface area contributed by atoms with E-state index >= 15 is 0 Å². The summed E-state index contributed by atoms with van der Waals surface area (Å²) in [6.07, 6.45) is 9.68. The van der Waals surface area contributed by atoms with Crippen molar-refractivity contribution in [3.8, 4) is 11.5 Å². The molecule has 2 aliphatic rings. The van der Waals surface area contributed by atoms with Crippen LogP contribution in [0.25, 0.3) is 11.0 Å². The van der Waals surface area contributed by atoms with Gasteiger partial charge in [-0.1, -0.05) is 22.0 Å². The second-order valence-electron chi connectivity index (χ2n) is 9.69. The number of methoxy groups -OCH3 is 1. The fourth-order valence-electron chi connectivity index (χ4n) is 5.13. The molecule has 0 radical (unpaired) electrons. The standard InChI is InChI=1S/C28H33BrN6O3/c1-19-14-21(6-7-22(19)29)32-27-33-23-15-26(25(37-3)16-24(23)34(27)2)38-28(9-4-5-10-31-28)20-8-12-35(17-20)13-11-30-18-36/h4-7,9-10,14-16,18,20,31H,8,11-13,17H2,1-3H3,(H,30,36)(H,32,33). The van der Waals surface area contributed by atoms with Gasteiger partial charge in [-0.05, 0) is 55.8 Å². The molecule has 0 aliphatic carbocycles. The number of carbonyl (C=O) groups is 1. The Bertz CT molecular complexity index is 1390. The van der Waals surface area contributed by atoms with Gasteiger partial charge in [-0.15, -0.1) is 0 Å². The molecule has 1 fully saturated rings. The highest BCUT2D eigenvalue weighted by molar-refractivity contribution is 9.10. The van der Waals surface area contributed by atoms with Gasteiger partial charge in [0, 0.05) is 61.1 Å². The fraction of sp³-hybridized carbons (Fsp3) is 0.357. The summed E-state index contributed by atoms with van der Waals surface area (Å²) in [4.78, 5) is 17.9. The van der Waals surface area contributed by atoms with Gasteiger partial charge in [-0.2, -0.15) is 0 Å². The number of fused-ring (bicyclic) bond motifs is 1. The van der Waals surface area contributed by atoms with Gasteiger partial charge < -0.3 is 34.9 Å². The predicted molar refractivity (Wildman–Crippen MR) is 153 cm³/mol. The van der Waals surface area contributed by atoms with E-state index in [0.29, 0.717) is 18.0 Å². The summed E-state index contributed by atoms with van der Waals surface area (Å²) in [5.74, 6) is 2.19. The number of rotatable bonds is 10. The van der Waals surface area contributed by atoms with Gasteiger partial charge in [0.15, 0.2) is 11.5 Å². The summed E-state index contributed by atoms with van der Waals surface area (Å²) < 4.78 is 15.6. The van der Waals surface area contributed by atoms with Crippen molar-refractivity contribution in [1.82, 2.24) is 25.1 Å². The zero-order valence-corrected chi connectivity index (χ0v) is 23.4. The number of anilines is 2. The van der Waals surface area contributed by atoms with Crippen molar-refractivity contribution in [3.05, 3.63) is 64.8 Å². The van der Waals surface area contributed by atoms with Gasteiger partial charge in [-0.25, -0.2) is 4.98 Å². The van der Waals surface area contributed by atoms with Crippen LogP contribution in [0.1, 0.15) is 12.0 Å². The number of nitrogens with one attached hydrogen (secondary N) is 3. The third kappa shape index (κ3) is 5.23. The first-order valence-electron chi connectivity index (χ1n) is 12.7. The maximum atomic E-state index is 10.6. The van der Waals surface area contributed by atoms with E-state index in [9.17, 15) is 4.79 Å². The second-order valence-corrected chi connectivity index (χ2v) is 10.5. The molecule has 10 heteroatoms. The van der Waals surface area contributed by atoms with Gasteiger partial charge in [0.05, 0.1) is 18.1 Å². The van der Waals surface area contributed by atoms with Crippen molar-refractivity contribution in [2.24, 2.45) is 13.0 Å². The van der Waals surface area contributed by atoms with E-state index < -0.39 is 5.72 Å². The van der Waals surface area contributed by atoms with Crippen LogP contribution in [-0.4, -0.2) is 59.9 Å². The van der Waals surface area contributed by atoms with Gasteiger partial charge in [-0.3, -0.25) is 4.79 Å². The zero-order chi connectivity index (χ0) is 26.7. The Morgan fingerprint density at radius 1 is 1.26 bits per heavy atom. The number of hydrogen-bond donors (Lipinski definition) is 3. The van der Waals surface area contributed by atoms with Crippen LogP contribution >= 0.6 is 15.9 Å². The van der Waals surface area contributed by atoms with Crippen LogP contribution < -0.4 is 25.4 Å². The first kappa shape index (κ1) is 26.1. The number of benzene rings is 2. The van der Waals surface area contributed by atoms with Crippen LogP contribution in [0.15, 0.2) is 59.2 Å². The molecule has 5 rings (SSSR count). The van der Waals surface area contributed by atoms with E-state index in [1.807, 2.05) is 54.2 Å². The molecule has 38 heavy (non-hydrogen) atoms. The Kier molecular flexibility index (Phi) is 7.62. The number of halogens is 1. The Hall–Kier alpha value is -3.50. The molecule has 2 aromatic carbocycles. The van der Waals surface area contributed by atoms with Crippen molar-refractivity contribution in [2.45, 2.75) is 19.1 Å². The highest BCUT2D eigenvalue weighted by Crippen LogP contribution is 2.39. The Balaban J connectivity index is 1.43. The fourth-order valence-corrected chi connectivity index (χ4v) is 5.38. The van der Waals surface area contributed by atoms with Crippen molar-refractivity contribution in [1.29, 1.82) is 0 Å². The van der Waals surface area contributed by atoms with Gasteiger partial charge in [0.2, 0.25) is 18.1 Å². The zero-order valence-electron chi connectivity index (χ0n) is 21.8. The molecule has 2 aliphatic heterocycles. The van der Waals surface area contributed by atoms with E-state index in [-0.39, 0.29) is 5.92 Å². The van der Waals surface area contributed by atoms with Crippen LogP contribution in [-0.2, 0) is 11.8 Å². The number of imidazole rings is 1. The number of likely N-dealkylation sites (tertiary alicyclic amines) is 1. The number of hydrogen-bond acceptors (Lipinski definition) is 7. The number of carbonyl (C=O) groups excluding carboxylic acids is 1. The number of nitrogens with zero attached hydrogens (tertiary/aromatic N) is 3. The Labute approximate surface area is 231 Å². The highest BCUT2D eigenvalue weighted by atomic mass is 79.9. The number of aromatic nitrogens is 2. The van der Waals surface area contributed by atoms with Crippen molar-refractivity contribution < 1.29 is 14.3 Å². The van der Waals surface area contributed by atoms with Gasteiger partial charge >= 0.3 is 0 Å². The van der Waals surface area contributed by atoms with Crippen LogP contribution in [0, 0.1) is 12.8 Å². The molecule has 0 spiro atoms. The Morgan fingerprint density at radius 3 is 2.87 bits per heavy atom. The molecular weight excluding hydrogens is 548 g/mol. The van der Waals surface area contributed by atoms with Gasteiger partial charge in [0.1, 0.15) is 0 Å². The number of dihydropyridines is 1. The van der Waals surface area contributed by atoms with Crippen LogP contribution in [0.4, 0.5) is 11.6 Å². The molecule has 1 saturated heterocycles. The Morgan fingerprint density at radius 2 is 2.13 bits per heavy atom. The molecule has 2 atom stereocenters. The molecule has 9 nitrogen and oxygen atoms in total. The number of ether oxygens (including phenoxy) is 2. The molecule has 0 bridgehead atoms. The van der Waals surface area contributed by atoms with Crippen molar-refractivity contribution >= 4 is 45.0 Å². The van der Waals surface area contributed by atoms with Crippen molar-refractivity contribution in [2.75, 3.05) is 38.6 Å². The first-order valence-corrected chi connectivity index (χ1v) is 13.5. The van der Waals surface area contributed by atoms with E-state index in [4.69, 9.17) is 14.5 Å². The summed E-state index contributed by atoms with van der Waals surface area (Å²) in [5.41, 5.74) is 3.11. The summed E-state index contributed by atoms with van der Waals surface area (Å²) in [6.45, 7) is 5.29. The van der Waals surface area contributed by atoms with E-state index in [2.05, 4.69) is 55.8 Å². The smallest absolute Gasteiger partial charge is 0.208 e. The van der Waals surface area contributed by atoms with Crippen LogP contribution in [0.2, 0.25) is 0 Å². The summed E-state index contributed by atoms with van der Waals surface area (Å²) in [5, 5.41) is 9.67. The largest absolute Gasteiger partial charge is 0.493 e. The summed E-state index contributed by atoms with van der Waals surface area (Å²) >= 11 is 3.56. The molecule has 1 aromatic heterocycles. The lowest BCUT2D eigenvalue weighted by molar-refractivity contribution is -0.109. The third-order valence-corrected chi connectivity index (χ3v) is 8.14. The van der Waals surface area contributed by atoms with Gasteiger partial charge in [0.25, 0.3) is 0 Å². The van der Waals surface area contributed by atoms with E-state index in [1.165, 1.54) is 0 Å². The number of aryl methyl sites for hydroxylation is 2. The summed E-state index contributed by atoms with van der Waals surface area (Å²) in [7, 11) is 3.63. The molecule has 0 saturated carbocycles. The lowest BCUT2D eigenvalue weighted by Gasteiger charge is -2.38. The second kappa shape index (κ2) is 11.1. The summed E-state index contributed by atoms with van der Waals surface area (Å²) in [6, 6.07) is 10.0. The number of amides is 1. The van der Waals surface area contributed by atoms with Crippen LogP contribution in [0.3, 0.4) is 0 Å². The molecule has 3 heterocycles. The minimum atomic E-state index is -0.729. The molecule has 200 valence electrons. The molecule has 3 aromatic rings. The van der Waals surface area contributed by atoms with Crippen molar-refractivity contribution in [3.63, 3.8) is 0 Å². The maximum Gasteiger partial charge on any atom is 0.208 e. The first-order chi connectivity index (χ1) is 18.4. The predicted octanol–water partition coefficient (Wildman–Crippen LogP) is 4.21. The minimum absolute atomic E-state index is 0.196. The average molecular weight is 582 g/mol. The van der Waals surface area contributed by atoms with Crippen LogP contribution in [0.5, 0.6) is 11.5 Å². The lowest BCUT2D eigenvalue weighted by Crippen LogP contribution is -2.54. The SMILES string of the molecule is COc1cc2c(cc1OC1(C3CCN(CCNC=O)C3)C=CC=CN1)nc(Nc1ccc(Br)c(C)c1)n2C. The molecule has 1 amide bonds. The van der Waals surface area contributed by atoms with E-state index in [0.717, 1.165) is 65.2 Å². The van der Waals surface area contributed by atoms with E-state index in [1.54, 1.807) is 7.11 Å². The third-order valence-electron chi connectivity index (χ3n) is 7.25. The topological polar surface area (TPSA) is 92.7 Å².